The Hall–Kier alpha value is -1.94. The van der Waals surface area contributed by atoms with E-state index in [9.17, 15) is 13.2 Å². The zero-order chi connectivity index (χ0) is 22.1. The lowest BCUT2D eigenvalue weighted by Gasteiger charge is -2.18. The Balaban J connectivity index is 1.83. The van der Waals surface area contributed by atoms with Crippen molar-refractivity contribution in [2.45, 2.75) is 10.6 Å². The molecule has 0 fully saturated rings. The molecule has 2 rings (SSSR count). The fourth-order valence-electron chi connectivity index (χ4n) is 2.56. The van der Waals surface area contributed by atoms with Crippen LogP contribution in [0.15, 0.2) is 47.4 Å². The number of carbonyl (C=O) groups excluding carboxylic acids is 1. The third-order valence-corrected chi connectivity index (χ3v) is 7.39. The molecule has 0 aliphatic carbocycles. The first-order valence-corrected chi connectivity index (χ1v) is 12.0. The van der Waals surface area contributed by atoms with Crippen molar-refractivity contribution in [2.75, 3.05) is 40.1 Å². The molecule has 0 spiro atoms. The van der Waals surface area contributed by atoms with Crippen LogP contribution in [0.5, 0.6) is 11.5 Å². The summed E-state index contributed by atoms with van der Waals surface area (Å²) in [6.45, 7) is 0.143. The number of sulfonamides is 1. The van der Waals surface area contributed by atoms with E-state index in [0.717, 1.165) is 20.6 Å². The minimum atomic E-state index is -3.85. The van der Waals surface area contributed by atoms with Crippen molar-refractivity contribution in [3.05, 3.63) is 53.1 Å². The van der Waals surface area contributed by atoms with Gasteiger partial charge in [-0.05, 0) is 23.8 Å². The summed E-state index contributed by atoms with van der Waals surface area (Å²) in [7, 11) is 0.402. The zero-order valence-electron chi connectivity index (χ0n) is 17.1. The first-order chi connectivity index (χ1) is 14.3. The van der Waals surface area contributed by atoms with Crippen molar-refractivity contribution in [3.63, 3.8) is 0 Å². The molecule has 10 heteroatoms. The number of likely N-dealkylation sites (N-methyl/N-ethyl adjacent to an activating group) is 1. The van der Waals surface area contributed by atoms with E-state index >= 15 is 0 Å². The second-order valence-corrected chi connectivity index (χ2v) is 9.83. The molecule has 30 heavy (non-hydrogen) atoms. The topological polar surface area (TPSA) is 84.9 Å². The summed E-state index contributed by atoms with van der Waals surface area (Å²) in [5, 5.41) is 3.45. The van der Waals surface area contributed by atoms with Gasteiger partial charge in [0.2, 0.25) is 15.9 Å². The van der Waals surface area contributed by atoms with Crippen LogP contribution in [0, 0.1) is 0 Å². The molecule has 1 N–H and O–H groups in total. The molecule has 0 aromatic heterocycles. The van der Waals surface area contributed by atoms with Gasteiger partial charge in [-0.2, -0.15) is 16.1 Å². The van der Waals surface area contributed by atoms with Crippen LogP contribution in [0.3, 0.4) is 0 Å². The second kappa shape index (κ2) is 11.5. The van der Waals surface area contributed by atoms with E-state index in [0.29, 0.717) is 23.8 Å². The number of hydrogen-bond acceptors (Lipinski definition) is 6. The van der Waals surface area contributed by atoms with Gasteiger partial charge < -0.3 is 14.8 Å². The van der Waals surface area contributed by atoms with E-state index in [2.05, 4.69) is 5.32 Å². The molecular formula is C20H25ClN2O5S2. The standard InChI is InChI=1S/C20H25ClN2O5S2/c1-23(30(25,26)16-8-9-18(27-2)19(12-16)28-3)13-20(24)22-10-11-29-14-15-6-4-5-7-17(15)21/h4-9,12H,10-11,13-14H2,1-3H3,(H,22,24). The van der Waals surface area contributed by atoms with Gasteiger partial charge in [-0.1, -0.05) is 29.8 Å². The Morgan fingerprint density at radius 3 is 2.50 bits per heavy atom. The maximum absolute atomic E-state index is 12.7. The highest BCUT2D eigenvalue weighted by molar-refractivity contribution is 7.98. The lowest BCUT2D eigenvalue weighted by atomic mass is 10.2. The second-order valence-electron chi connectivity index (χ2n) is 6.27. The fourth-order valence-corrected chi connectivity index (χ4v) is 4.85. The summed E-state index contributed by atoms with van der Waals surface area (Å²) in [5.74, 6) is 1.77. The van der Waals surface area contributed by atoms with Gasteiger partial charge in [-0.25, -0.2) is 8.42 Å². The predicted molar refractivity (Wildman–Crippen MR) is 120 cm³/mol. The molecule has 0 radical (unpaired) electrons. The number of amides is 1. The summed E-state index contributed by atoms with van der Waals surface area (Å²) >= 11 is 7.75. The van der Waals surface area contributed by atoms with Crippen LogP contribution in [-0.4, -0.2) is 58.7 Å². The maximum Gasteiger partial charge on any atom is 0.243 e. The van der Waals surface area contributed by atoms with Gasteiger partial charge in [0.15, 0.2) is 11.5 Å². The Kier molecular flexibility index (Phi) is 9.29. The fraction of sp³-hybridized carbons (Fsp3) is 0.350. The lowest BCUT2D eigenvalue weighted by Crippen LogP contribution is -2.39. The predicted octanol–water partition coefficient (Wildman–Crippen LogP) is 3.03. The molecule has 0 saturated heterocycles. The van der Waals surface area contributed by atoms with Crippen LogP contribution in [0.1, 0.15) is 5.56 Å². The van der Waals surface area contributed by atoms with E-state index in [1.165, 1.54) is 39.5 Å². The Bertz CT molecular complexity index is 969. The van der Waals surface area contributed by atoms with Crippen molar-refractivity contribution < 1.29 is 22.7 Å². The number of carbonyl (C=O) groups is 1. The highest BCUT2D eigenvalue weighted by Crippen LogP contribution is 2.30. The van der Waals surface area contributed by atoms with Crippen LogP contribution in [0.4, 0.5) is 0 Å². The number of hydrogen-bond donors (Lipinski definition) is 1. The number of nitrogens with zero attached hydrogens (tertiary/aromatic N) is 1. The van der Waals surface area contributed by atoms with Crippen molar-refractivity contribution >= 4 is 39.3 Å². The number of nitrogens with one attached hydrogen (secondary N) is 1. The smallest absolute Gasteiger partial charge is 0.243 e. The van der Waals surface area contributed by atoms with E-state index in [1.54, 1.807) is 11.8 Å². The van der Waals surface area contributed by atoms with Crippen molar-refractivity contribution in [2.24, 2.45) is 0 Å². The van der Waals surface area contributed by atoms with E-state index < -0.39 is 10.0 Å². The minimum Gasteiger partial charge on any atom is -0.493 e. The Morgan fingerprint density at radius 2 is 1.83 bits per heavy atom. The molecule has 7 nitrogen and oxygen atoms in total. The average Bonchev–Trinajstić information content (AvgIpc) is 2.74. The van der Waals surface area contributed by atoms with E-state index in [1.807, 2.05) is 24.3 Å². The van der Waals surface area contributed by atoms with Gasteiger partial charge in [-0.3, -0.25) is 4.79 Å². The van der Waals surface area contributed by atoms with Crippen LogP contribution in [0.2, 0.25) is 5.02 Å². The van der Waals surface area contributed by atoms with Gasteiger partial charge in [0.05, 0.1) is 25.7 Å². The highest BCUT2D eigenvalue weighted by atomic mass is 35.5. The summed E-state index contributed by atoms with van der Waals surface area (Å²) < 4.78 is 36.7. The number of rotatable bonds is 11. The number of thioether (sulfide) groups is 1. The van der Waals surface area contributed by atoms with Gasteiger partial charge in [0, 0.05) is 36.2 Å². The number of halogens is 1. The van der Waals surface area contributed by atoms with Crippen molar-refractivity contribution in [3.8, 4) is 11.5 Å². The molecule has 0 heterocycles. The number of ether oxygens (including phenoxy) is 2. The quantitative estimate of drug-likeness (QED) is 0.506. The van der Waals surface area contributed by atoms with Crippen LogP contribution in [0.25, 0.3) is 0 Å². The summed E-state index contributed by atoms with van der Waals surface area (Å²) in [6, 6.07) is 11.9. The van der Waals surface area contributed by atoms with Crippen molar-refractivity contribution in [1.29, 1.82) is 0 Å². The first-order valence-electron chi connectivity index (χ1n) is 9.05. The maximum atomic E-state index is 12.7. The van der Waals surface area contributed by atoms with Crippen LogP contribution in [-0.2, 0) is 20.6 Å². The molecule has 2 aromatic carbocycles. The SMILES string of the molecule is COc1ccc(S(=O)(=O)N(C)CC(=O)NCCSCc2ccccc2Cl)cc1OC. The Labute approximate surface area is 186 Å². The summed E-state index contributed by atoms with van der Waals surface area (Å²) in [4.78, 5) is 12.2. The van der Waals surface area contributed by atoms with Gasteiger partial charge in [0.1, 0.15) is 0 Å². The third kappa shape index (κ3) is 6.53. The summed E-state index contributed by atoms with van der Waals surface area (Å²) in [5.41, 5.74) is 1.04. The monoisotopic (exact) mass is 472 g/mol. The van der Waals surface area contributed by atoms with Crippen molar-refractivity contribution in [1.82, 2.24) is 9.62 Å². The van der Waals surface area contributed by atoms with Crippen LogP contribution < -0.4 is 14.8 Å². The average molecular weight is 473 g/mol. The molecule has 1 amide bonds. The molecule has 0 saturated carbocycles. The molecule has 0 unspecified atom stereocenters. The molecule has 164 valence electrons. The van der Waals surface area contributed by atoms with E-state index in [-0.39, 0.29) is 17.3 Å². The van der Waals surface area contributed by atoms with Gasteiger partial charge in [0.25, 0.3) is 0 Å². The largest absolute Gasteiger partial charge is 0.493 e. The molecule has 0 atom stereocenters. The van der Waals surface area contributed by atoms with Gasteiger partial charge in [-0.15, -0.1) is 0 Å². The lowest BCUT2D eigenvalue weighted by molar-refractivity contribution is -0.121. The first kappa shape index (κ1) is 24.3. The van der Waals surface area contributed by atoms with Gasteiger partial charge >= 0.3 is 0 Å². The molecule has 0 aliphatic heterocycles. The molecule has 0 aliphatic rings. The summed E-state index contributed by atoms with van der Waals surface area (Å²) in [6.07, 6.45) is 0. The number of benzene rings is 2. The molecule has 0 bridgehead atoms. The highest BCUT2D eigenvalue weighted by Gasteiger charge is 2.24. The third-order valence-electron chi connectivity index (χ3n) is 4.21. The van der Waals surface area contributed by atoms with E-state index in [4.69, 9.17) is 21.1 Å². The molecule has 2 aromatic rings. The van der Waals surface area contributed by atoms with Crippen LogP contribution >= 0.6 is 23.4 Å². The molecular weight excluding hydrogens is 448 g/mol. The normalized spacial score (nSPS) is 11.4. The number of methoxy groups -OCH3 is 2. The minimum absolute atomic E-state index is 0.0192. The Morgan fingerprint density at radius 1 is 1.13 bits per heavy atom. The zero-order valence-corrected chi connectivity index (χ0v) is 19.4.